The first-order valence-electron chi connectivity index (χ1n) is 4.03. The molecule has 1 N–H and O–H groups in total. The summed E-state index contributed by atoms with van der Waals surface area (Å²) in [4.78, 5) is 11.4. The van der Waals surface area contributed by atoms with E-state index in [1.807, 2.05) is 6.92 Å². The van der Waals surface area contributed by atoms with Crippen molar-refractivity contribution in [1.82, 2.24) is 0 Å². The maximum atomic E-state index is 11.4. The maximum absolute atomic E-state index is 11.4. The molecule has 0 saturated carbocycles. The Balaban J connectivity index is 2.94. The van der Waals surface area contributed by atoms with Crippen LogP contribution in [0.2, 0.25) is 0 Å². The van der Waals surface area contributed by atoms with Gasteiger partial charge in [-0.1, -0.05) is 15.9 Å². The van der Waals surface area contributed by atoms with E-state index in [-0.39, 0.29) is 11.5 Å². The molecule has 0 aromatic heterocycles. The molecule has 0 radical (unpaired) electrons. The Morgan fingerprint density at radius 3 is 2.69 bits per heavy atom. The highest BCUT2D eigenvalue weighted by molar-refractivity contribution is 9.09. The minimum atomic E-state index is 0.0517. The third-order valence-electron chi connectivity index (χ3n) is 1.71. The highest BCUT2D eigenvalue weighted by Gasteiger charge is 2.06. The van der Waals surface area contributed by atoms with E-state index < -0.39 is 0 Å². The third-order valence-corrected chi connectivity index (χ3v) is 2.10. The lowest BCUT2D eigenvalue weighted by molar-refractivity contribution is 0.0989. The minimum absolute atomic E-state index is 0.0517. The van der Waals surface area contributed by atoms with E-state index in [0.29, 0.717) is 17.3 Å². The van der Waals surface area contributed by atoms with Gasteiger partial charge in [0, 0.05) is 17.3 Å². The summed E-state index contributed by atoms with van der Waals surface area (Å²) < 4.78 is 0. The summed E-state index contributed by atoms with van der Waals surface area (Å²) >= 11 is 3.20. The summed E-state index contributed by atoms with van der Waals surface area (Å²) in [5.74, 6) is 0.203. The van der Waals surface area contributed by atoms with Crippen molar-refractivity contribution in [3.05, 3.63) is 29.3 Å². The first-order chi connectivity index (χ1) is 6.13. The van der Waals surface area contributed by atoms with E-state index in [4.69, 9.17) is 0 Å². The molecule has 0 amide bonds. The Hall–Kier alpha value is -0.830. The zero-order valence-electron chi connectivity index (χ0n) is 7.38. The van der Waals surface area contributed by atoms with Crippen molar-refractivity contribution >= 4 is 21.7 Å². The molecule has 0 atom stereocenters. The van der Waals surface area contributed by atoms with Crippen molar-refractivity contribution in [2.75, 3.05) is 5.33 Å². The second kappa shape index (κ2) is 4.42. The Morgan fingerprint density at radius 2 is 2.15 bits per heavy atom. The highest BCUT2D eigenvalue weighted by Crippen LogP contribution is 2.16. The second-order valence-electron chi connectivity index (χ2n) is 2.92. The van der Waals surface area contributed by atoms with Crippen LogP contribution in [0, 0.1) is 6.92 Å². The average molecular weight is 243 g/mol. The van der Waals surface area contributed by atoms with Gasteiger partial charge in [0.2, 0.25) is 0 Å². The lowest BCUT2D eigenvalue weighted by Crippen LogP contribution is -1.99. The molecule has 0 unspecified atom stereocenters. The molecule has 0 spiro atoms. The largest absolute Gasteiger partial charge is 0.508 e. The van der Waals surface area contributed by atoms with Gasteiger partial charge in [-0.05, 0) is 30.7 Å². The fourth-order valence-electron chi connectivity index (χ4n) is 1.15. The Kier molecular flexibility index (Phi) is 3.48. The summed E-state index contributed by atoms with van der Waals surface area (Å²) in [5.41, 5.74) is 1.48. The number of aromatic hydroxyl groups is 1. The van der Waals surface area contributed by atoms with Crippen LogP contribution in [0.15, 0.2) is 18.2 Å². The molecule has 2 nitrogen and oxygen atoms in total. The number of ketones is 1. The lowest BCUT2D eigenvalue weighted by atomic mass is 10.1. The number of rotatable bonds is 3. The Morgan fingerprint density at radius 1 is 1.46 bits per heavy atom. The van der Waals surface area contributed by atoms with Crippen LogP contribution in [0.1, 0.15) is 22.3 Å². The lowest BCUT2D eigenvalue weighted by Gasteiger charge is -2.01. The zero-order chi connectivity index (χ0) is 9.84. The SMILES string of the molecule is Cc1cc(O)cc(C(=O)CCBr)c1. The van der Waals surface area contributed by atoms with Crippen molar-refractivity contribution in [3.63, 3.8) is 0 Å². The van der Waals surface area contributed by atoms with Gasteiger partial charge in [-0.15, -0.1) is 0 Å². The summed E-state index contributed by atoms with van der Waals surface area (Å²) in [6.45, 7) is 1.85. The molecule has 1 aromatic rings. The van der Waals surface area contributed by atoms with Gasteiger partial charge in [0.1, 0.15) is 5.75 Å². The number of hydrogen-bond acceptors (Lipinski definition) is 2. The number of aryl methyl sites for hydroxylation is 1. The van der Waals surface area contributed by atoms with Crippen molar-refractivity contribution in [2.45, 2.75) is 13.3 Å². The van der Waals surface area contributed by atoms with Gasteiger partial charge < -0.3 is 5.11 Å². The fourth-order valence-corrected chi connectivity index (χ4v) is 1.51. The zero-order valence-corrected chi connectivity index (χ0v) is 8.97. The first-order valence-corrected chi connectivity index (χ1v) is 5.15. The molecule has 1 rings (SSSR count). The summed E-state index contributed by atoms with van der Waals surface area (Å²) in [5, 5.41) is 9.90. The van der Waals surface area contributed by atoms with E-state index in [2.05, 4.69) is 15.9 Å². The highest BCUT2D eigenvalue weighted by atomic mass is 79.9. The van der Waals surface area contributed by atoms with E-state index >= 15 is 0 Å². The standard InChI is InChI=1S/C10H11BrO2/c1-7-4-8(6-9(12)5-7)10(13)2-3-11/h4-6,12H,2-3H2,1H3. The monoisotopic (exact) mass is 242 g/mol. The van der Waals surface area contributed by atoms with Crippen molar-refractivity contribution < 1.29 is 9.90 Å². The number of Topliss-reactive ketones (excluding diaryl/α,β-unsaturated/α-hetero) is 1. The quantitative estimate of drug-likeness (QED) is 0.654. The van der Waals surface area contributed by atoms with Crippen LogP contribution in [-0.4, -0.2) is 16.2 Å². The first kappa shape index (κ1) is 10.3. The molecule has 0 aliphatic rings. The molecule has 3 heteroatoms. The van der Waals surface area contributed by atoms with Crippen LogP contribution in [0.25, 0.3) is 0 Å². The Bertz CT molecular complexity index is 300. The van der Waals surface area contributed by atoms with Crippen LogP contribution >= 0.6 is 15.9 Å². The second-order valence-corrected chi connectivity index (χ2v) is 3.71. The number of phenolic OH excluding ortho intramolecular Hbond substituents is 1. The predicted molar refractivity (Wildman–Crippen MR) is 55.6 cm³/mol. The Labute approximate surface area is 85.7 Å². The van der Waals surface area contributed by atoms with E-state index in [0.717, 1.165) is 5.56 Å². The fraction of sp³-hybridized carbons (Fsp3) is 0.300. The summed E-state index contributed by atoms with van der Waals surface area (Å²) in [6, 6.07) is 4.91. The molecule has 0 aliphatic carbocycles. The minimum Gasteiger partial charge on any atom is -0.508 e. The molecule has 1 aromatic carbocycles. The topological polar surface area (TPSA) is 37.3 Å². The molecule has 0 aliphatic heterocycles. The van der Waals surface area contributed by atoms with Gasteiger partial charge in [-0.2, -0.15) is 0 Å². The number of benzene rings is 1. The van der Waals surface area contributed by atoms with E-state index in [1.165, 1.54) is 6.07 Å². The van der Waals surface area contributed by atoms with Gasteiger partial charge in [0.05, 0.1) is 0 Å². The van der Waals surface area contributed by atoms with Crippen LogP contribution in [0.5, 0.6) is 5.75 Å². The van der Waals surface area contributed by atoms with Gasteiger partial charge in [-0.3, -0.25) is 4.79 Å². The number of phenols is 1. The average Bonchev–Trinajstić information content (AvgIpc) is 2.03. The number of carbonyl (C=O) groups is 1. The molecule has 13 heavy (non-hydrogen) atoms. The van der Waals surface area contributed by atoms with Crippen LogP contribution in [0.3, 0.4) is 0 Å². The van der Waals surface area contributed by atoms with Gasteiger partial charge in [0.25, 0.3) is 0 Å². The van der Waals surface area contributed by atoms with Crippen molar-refractivity contribution in [3.8, 4) is 5.75 Å². The van der Waals surface area contributed by atoms with Crippen LogP contribution in [-0.2, 0) is 0 Å². The van der Waals surface area contributed by atoms with Crippen LogP contribution in [0.4, 0.5) is 0 Å². The molecule has 0 heterocycles. The number of alkyl halides is 1. The molecule has 0 saturated heterocycles. The van der Waals surface area contributed by atoms with Gasteiger partial charge >= 0.3 is 0 Å². The molecule has 0 bridgehead atoms. The normalized spacial score (nSPS) is 10.0. The predicted octanol–water partition coefficient (Wildman–Crippen LogP) is 2.67. The van der Waals surface area contributed by atoms with Gasteiger partial charge in [-0.25, -0.2) is 0 Å². The van der Waals surface area contributed by atoms with Crippen molar-refractivity contribution in [1.29, 1.82) is 0 Å². The van der Waals surface area contributed by atoms with E-state index in [9.17, 15) is 9.90 Å². The van der Waals surface area contributed by atoms with Crippen molar-refractivity contribution in [2.24, 2.45) is 0 Å². The van der Waals surface area contributed by atoms with Crippen LogP contribution < -0.4 is 0 Å². The summed E-state index contributed by atoms with van der Waals surface area (Å²) in [7, 11) is 0. The van der Waals surface area contributed by atoms with Gasteiger partial charge in [0.15, 0.2) is 5.78 Å². The smallest absolute Gasteiger partial charge is 0.163 e. The number of halogens is 1. The molecular weight excluding hydrogens is 232 g/mol. The molecule has 0 fully saturated rings. The summed E-state index contributed by atoms with van der Waals surface area (Å²) in [6.07, 6.45) is 0.461. The van der Waals surface area contributed by atoms with E-state index in [1.54, 1.807) is 12.1 Å². The number of hydrogen-bond donors (Lipinski definition) is 1. The maximum Gasteiger partial charge on any atom is 0.163 e. The molecule has 70 valence electrons. The number of carbonyl (C=O) groups excluding carboxylic acids is 1. The molecular formula is C10H11BrO2. The third kappa shape index (κ3) is 2.84.